The first kappa shape index (κ1) is 19.9. The highest BCUT2D eigenvalue weighted by Gasteiger charge is 2.51. The SMILES string of the molecule is O=C(Nc1c[nH]c2ccc(O[C@H]3C[C@H](c4ccc(C(F)(F)F)cc4)C3)cc12)C1(F)CC1. The van der Waals surface area contributed by atoms with Crippen molar-refractivity contribution in [1.29, 1.82) is 0 Å². The second-order valence-corrected chi connectivity index (χ2v) is 8.36. The quantitative estimate of drug-likeness (QED) is 0.490. The lowest BCUT2D eigenvalue weighted by atomic mass is 9.77. The van der Waals surface area contributed by atoms with Crippen molar-refractivity contribution in [3.05, 3.63) is 59.8 Å². The lowest BCUT2D eigenvalue weighted by Gasteiger charge is -2.35. The fourth-order valence-corrected chi connectivity index (χ4v) is 3.92. The molecule has 3 aromatic rings. The van der Waals surface area contributed by atoms with Crippen molar-refractivity contribution in [3.8, 4) is 5.75 Å². The van der Waals surface area contributed by atoms with E-state index in [1.807, 2.05) is 12.1 Å². The zero-order valence-electron chi connectivity index (χ0n) is 16.4. The monoisotopic (exact) mass is 432 g/mol. The van der Waals surface area contributed by atoms with E-state index in [1.165, 1.54) is 12.1 Å². The Morgan fingerprint density at radius 1 is 1.10 bits per heavy atom. The molecule has 31 heavy (non-hydrogen) atoms. The first-order valence-corrected chi connectivity index (χ1v) is 10.2. The maximum Gasteiger partial charge on any atom is 0.416 e. The van der Waals surface area contributed by atoms with E-state index in [-0.39, 0.29) is 24.9 Å². The van der Waals surface area contributed by atoms with Crippen LogP contribution in [-0.2, 0) is 11.0 Å². The third-order valence-electron chi connectivity index (χ3n) is 6.10. The van der Waals surface area contributed by atoms with Gasteiger partial charge in [-0.25, -0.2) is 4.39 Å². The summed E-state index contributed by atoms with van der Waals surface area (Å²) in [6, 6.07) is 10.7. The van der Waals surface area contributed by atoms with Crippen LogP contribution in [0.25, 0.3) is 10.9 Å². The first-order valence-electron chi connectivity index (χ1n) is 10.2. The van der Waals surface area contributed by atoms with E-state index in [4.69, 9.17) is 4.74 Å². The predicted molar refractivity (Wildman–Crippen MR) is 108 cm³/mol. The maximum atomic E-state index is 13.9. The largest absolute Gasteiger partial charge is 0.490 e. The third-order valence-corrected chi connectivity index (χ3v) is 6.10. The molecule has 1 heterocycles. The van der Waals surface area contributed by atoms with Crippen LogP contribution in [0, 0.1) is 0 Å². The Balaban J connectivity index is 1.22. The number of aromatic nitrogens is 1. The normalized spacial score (nSPS) is 22.1. The molecule has 4 nitrogen and oxygen atoms in total. The number of amides is 1. The molecule has 1 amide bonds. The number of rotatable bonds is 5. The van der Waals surface area contributed by atoms with Gasteiger partial charge in [-0.05, 0) is 67.5 Å². The summed E-state index contributed by atoms with van der Waals surface area (Å²) in [4.78, 5) is 15.1. The van der Waals surface area contributed by atoms with Crippen LogP contribution in [0.1, 0.15) is 42.7 Å². The molecule has 0 aliphatic heterocycles. The molecule has 0 unspecified atom stereocenters. The summed E-state index contributed by atoms with van der Waals surface area (Å²) < 4.78 is 58.1. The molecule has 2 saturated carbocycles. The molecular formula is C23H20F4N2O2. The van der Waals surface area contributed by atoms with Crippen molar-refractivity contribution in [3.63, 3.8) is 0 Å². The van der Waals surface area contributed by atoms with Crippen molar-refractivity contribution in [2.75, 3.05) is 5.32 Å². The zero-order chi connectivity index (χ0) is 21.8. The van der Waals surface area contributed by atoms with E-state index < -0.39 is 23.3 Å². The number of ether oxygens (including phenoxy) is 1. The first-order chi connectivity index (χ1) is 14.7. The van der Waals surface area contributed by atoms with Gasteiger partial charge in [0.15, 0.2) is 5.67 Å². The molecule has 8 heteroatoms. The van der Waals surface area contributed by atoms with Crippen LogP contribution in [0.3, 0.4) is 0 Å². The van der Waals surface area contributed by atoms with Gasteiger partial charge in [-0.15, -0.1) is 0 Å². The van der Waals surface area contributed by atoms with Crippen molar-refractivity contribution in [2.45, 2.75) is 49.6 Å². The Kier molecular flexibility index (Phi) is 4.50. The van der Waals surface area contributed by atoms with E-state index in [2.05, 4.69) is 10.3 Å². The number of halogens is 4. The Labute approximate surface area is 175 Å². The summed E-state index contributed by atoms with van der Waals surface area (Å²) in [6.45, 7) is 0. The number of hydrogen-bond donors (Lipinski definition) is 2. The number of H-pyrrole nitrogens is 1. The van der Waals surface area contributed by atoms with Crippen molar-refractivity contribution < 1.29 is 27.1 Å². The molecule has 2 fully saturated rings. The zero-order valence-corrected chi connectivity index (χ0v) is 16.4. The second-order valence-electron chi connectivity index (χ2n) is 8.36. The van der Waals surface area contributed by atoms with Crippen LogP contribution in [0.5, 0.6) is 5.75 Å². The van der Waals surface area contributed by atoms with Gasteiger partial charge in [-0.3, -0.25) is 4.79 Å². The Morgan fingerprint density at radius 2 is 1.81 bits per heavy atom. The van der Waals surface area contributed by atoms with E-state index in [1.54, 1.807) is 12.3 Å². The number of benzene rings is 2. The summed E-state index contributed by atoms with van der Waals surface area (Å²) in [7, 11) is 0. The van der Waals surface area contributed by atoms with Gasteiger partial charge in [0.2, 0.25) is 0 Å². The fourth-order valence-electron chi connectivity index (χ4n) is 3.92. The maximum absolute atomic E-state index is 13.9. The number of anilines is 1. The summed E-state index contributed by atoms with van der Waals surface area (Å²) in [5.41, 5.74) is -0.226. The predicted octanol–water partition coefficient (Wildman–Crippen LogP) is 5.95. The Bertz CT molecular complexity index is 1130. The van der Waals surface area contributed by atoms with Crippen LogP contribution in [0.2, 0.25) is 0 Å². The van der Waals surface area contributed by atoms with E-state index >= 15 is 0 Å². The Morgan fingerprint density at radius 3 is 2.45 bits per heavy atom. The van der Waals surface area contributed by atoms with Crippen LogP contribution < -0.4 is 10.1 Å². The number of hydrogen-bond acceptors (Lipinski definition) is 2. The van der Waals surface area contributed by atoms with Gasteiger partial charge in [0.25, 0.3) is 5.91 Å². The minimum absolute atomic E-state index is 0.0395. The van der Waals surface area contributed by atoms with Gasteiger partial charge in [0.1, 0.15) is 5.75 Å². The molecule has 2 aromatic carbocycles. The number of nitrogens with one attached hydrogen (secondary N) is 2. The minimum Gasteiger partial charge on any atom is -0.490 e. The van der Waals surface area contributed by atoms with Crippen LogP contribution >= 0.6 is 0 Å². The minimum atomic E-state index is -4.33. The van der Waals surface area contributed by atoms with Crippen LogP contribution in [0.4, 0.5) is 23.2 Å². The summed E-state index contributed by atoms with van der Waals surface area (Å²) in [5, 5.41) is 3.37. The summed E-state index contributed by atoms with van der Waals surface area (Å²) >= 11 is 0. The summed E-state index contributed by atoms with van der Waals surface area (Å²) in [5.74, 6) is 0.162. The van der Waals surface area contributed by atoms with Crippen molar-refractivity contribution in [1.82, 2.24) is 4.98 Å². The molecule has 0 saturated heterocycles. The van der Waals surface area contributed by atoms with Crippen molar-refractivity contribution in [2.24, 2.45) is 0 Å². The molecule has 0 bridgehead atoms. The molecule has 0 spiro atoms. The fraction of sp³-hybridized carbons (Fsp3) is 0.348. The number of aromatic amines is 1. The average Bonchev–Trinajstić information content (AvgIpc) is 3.34. The lowest BCUT2D eigenvalue weighted by Crippen LogP contribution is -2.32. The molecule has 2 aliphatic rings. The van der Waals surface area contributed by atoms with Gasteiger partial charge in [0, 0.05) is 17.1 Å². The molecule has 2 N–H and O–H groups in total. The second kappa shape index (κ2) is 7.00. The van der Waals surface area contributed by atoms with Crippen LogP contribution in [0.15, 0.2) is 48.7 Å². The van der Waals surface area contributed by atoms with E-state index in [0.717, 1.165) is 28.6 Å². The number of carbonyl (C=O) groups excluding carboxylic acids is 1. The summed E-state index contributed by atoms with van der Waals surface area (Å²) in [6.07, 6.45) is -0.823. The standard InChI is InChI=1S/C23H20F4N2O2/c24-22(7-8-22)21(30)29-20-12-28-19-6-5-16(11-18(19)20)31-17-9-14(10-17)13-1-3-15(4-2-13)23(25,26)27/h1-6,11-12,14,17,28H,7-10H2,(H,29,30)/t14-,17-. The molecule has 2 aliphatic carbocycles. The highest BCUT2D eigenvalue weighted by Crippen LogP contribution is 2.42. The number of carbonyl (C=O) groups is 1. The molecule has 162 valence electrons. The highest BCUT2D eigenvalue weighted by atomic mass is 19.4. The van der Waals surface area contributed by atoms with E-state index in [0.29, 0.717) is 24.3 Å². The Hall–Kier alpha value is -3.03. The van der Waals surface area contributed by atoms with E-state index in [9.17, 15) is 22.4 Å². The molecular weight excluding hydrogens is 412 g/mol. The van der Waals surface area contributed by atoms with Gasteiger partial charge in [0.05, 0.1) is 17.4 Å². The molecule has 1 aromatic heterocycles. The smallest absolute Gasteiger partial charge is 0.416 e. The number of fused-ring (bicyclic) bond motifs is 1. The van der Waals surface area contributed by atoms with Gasteiger partial charge >= 0.3 is 6.18 Å². The lowest BCUT2D eigenvalue weighted by molar-refractivity contribution is -0.137. The molecule has 5 rings (SSSR count). The molecule has 0 radical (unpaired) electrons. The van der Waals surface area contributed by atoms with Crippen LogP contribution in [-0.4, -0.2) is 22.7 Å². The van der Waals surface area contributed by atoms with Gasteiger partial charge in [-0.1, -0.05) is 12.1 Å². The molecule has 0 atom stereocenters. The average molecular weight is 432 g/mol. The van der Waals surface area contributed by atoms with Crippen molar-refractivity contribution >= 4 is 22.5 Å². The third kappa shape index (κ3) is 3.86. The number of alkyl halides is 4. The van der Waals surface area contributed by atoms with Gasteiger partial charge < -0.3 is 15.0 Å². The topological polar surface area (TPSA) is 54.1 Å². The highest BCUT2D eigenvalue weighted by molar-refractivity contribution is 6.06. The van der Waals surface area contributed by atoms with Gasteiger partial charge in [-0.2, -0.15) is 13.2 Å².